The zero-order chi connectivity index (χ0) is 31.6. The van der Waals surface area contributed by atoms with E-state index in [1.165, 1.54) is 0 Å². The summed E-state index contributed by atoms with van der Waals surface area (Å²) in [5.74, 6) is -1.01. The van der Waals surface area contributed by atoms with E-state index in [9.17, 15) is 9.90 Å². The van der Waals surface area contributed by atoms with Crippen molar-refractivity contribution in [3.63, 3.8) is 0 Å². The Bertz CT molecular complexity index is 1950. The molecule has 0 aliphatic heterocycles. The molecule has 1 atom stereocenters. The Kier molecular flexibility index (Phi) is 7.24. The van der Waals surface area contributed by atoms with Crippen molar-refractivity contribution in [2.75, 3.05) is 0 Å². The van der Waals surface area contributed by atoms with Crippen LogP contribution in [0.25, 0.3) is 50.0 Å². The Labute approximate surface area is 258 Å². The van der Waals surface area contributed by atoms with E-state index in [1.54, 1.807) is 0 Å². The number of aromatic nitrogens is 5. The Morgan fingerprint density at radius 3 is 2.55 bits per heavy atom. The molecule has 5 aromatic rings. The van der Waals surface area contributed by atoms with Gasteiger partial charge in [0.1, 0.15) is 5.65 Å². The van der Waals surface area contributed by atoms with Crippen LogP contribution in [0.5, 0.6) is 0 Å². The quantitative estimate of drug-likeness (QED) is 0.215. The van der Waals surface area contributed by atoms with E-state index in [4.69, 9.17) is 14.7 Å². The van der Waals surface area contributed by atoms with Crippen LogP contribution in [0.4, 0.5) is 0 Å². The summed E-state index contributed by atoms with van der Waals surface area (Å²) in [6.07, 6.45) is 7.67. The van der Waals surface area contributed by atoms with Crippen LogP contribution in [0.15, 0.2) is 54.9 Å². The standard InChI is InChI=1S/C36H41N5O3/c1-21-30(32(34(42)43)44-35(2,3)4)31(22-11-14-36(5,6)15-12-22)26-19-29(40(7)33(26)39-21)24-13-16-37-27(18-24)23-9-10-28-25(17-23)20-38-41(28)8/h9-11,13,16-20,32H,12,14-15H2,1-8H3,(H,42,43)/t32-/m0/s1. The van der Waals surface area contributed by atoms with Gasteiger partial charge in [0.05, 0.1) is 28.7 Å². The third-order valence-electron chi connectivity index (χ3n) is 8.75. The predicted molar refractivity (Wildman–Crippen MR) is 175 cm³/mol. The molecule has 1 aliphatic carbocycles. The summed E-state index contributed by atoms with van der Waals surface area (Å²) < 4.78 is 10.2. The fourth-order valence-corrected chi connectivity index (χ4v) is 6.36. The van der Waals surface area contributed by atoms with Crippen molar-refractivity contribution in [2.45, 2.75) is 72.5 Å². The number of nitrogens with zero attached hydrogens (tertiary/aromatic N) is 5. The summed E-state index contributed by atoms with van der Waals surface area (Å²) in [6.45, 7) is 12.1. The van der Waals surface area contributed by atoms with Gasteiger partial charge in [-0.2, -0.15) is 5.10 Å². The molecule has 1 N–H and O–H groups in total. The lowest BCUT2D eigenvalue weighted by atomic mass is 9.75. The van der Waals surface area contributed by atoms with Crippen molar-refractivity contribution in [2.24, 2.45) is 19.5 Å². The topological polar surface area (TPSA) is 95.1 Å². The highest BCUT2D eigenvalue weighted by atomic mass is 16.5. The van der Waals surface area contributed by atoms with Crippen LogP contribution in [0.2, 0.25) is 0 Å². The number of hydrogen-bond acceptors (Lipinski definition) is 5. The molecule has 0 radical (unpaired) electrons. The fourth-order valence-electron chi connectivity index (χ4n) is 6.36. The third-order valence-corrected chi connectivity index (χ3v) is 8.75. The highest BCUT2D eigenvalue weighted by Gasteiger charge is 2.34. The van der Waals surface area contributed by atoms with Gasteiger partial charge in [-0.1, -0.05) is 26.0 Å². The second kappa shape index (κ2) is 10.7. The second-order valence-corrected chi connectivity index (χ2v) is 13.8. The maximum Gasteiger partial charge on any atom is 0.337 e. The number of ether oxygens (including phenoxy) is 1. The first kappa shape index (κ1) is 29.8. The Hall–Kier alpha value is -4.30. The van der Waals surface area contributed by atoms with E-state index in [-0.39, 0.29) is 5.41 Å². The fraction of sp³-hybridized carbons (Fsp3) is 0.389. The minimum atomic E-state index is -1.14. The summed E-state index contributed by atoms with van der Waals surface area (Å²) in [7, 11) is 3.96. The molecule has 6 rings (SSSR count). The van der Waals surface area contributed by atoms with Gasteiger partial charge in [0.2, 0.25) is 0 Å². The maximum atomic E-state index is 12.8. The van der Waals surface area contributed by atoms with E-state index < -0.39 is 17.7 Å². The zero-order valence-electron chi connectivity index (χ0n) is 26.9. The highest BCUT2D eigenvalue weighted by molar-refractivity contribution is 5.98. The molecule has 0 bridgehead atoms. The van der Waals surface area contributed by atoms with Crippen LogP contribution in [0.1, 0.15) is 76.8 Å². The number of carbonyl (C=O) groups is 1. The molecule has 8 nitrogen and oxygen atoms in total. The van der Waals surface area contributed by atoms with Crippen molar-refractivity contribution in [1.29, 1.82) is 0 Å². The van der Waals surface area contributed by atoms with Crippen LogP contribution in [-0.2, 0) is 23.6 Å². The van der Waals surface area contributed by atoms with Gasteiger partial charge < -0.3 is 14.4 Å². The number of carboxylic acids is 1. The van der Waals surface area contributed by atoms with Gasteiger partial charge in [-0.3, -0.25) is 9.67 Å². The van der Waals surface area contributed by atoms with Crippen molar-refractivity contribution in [3.05, 3.63) is 71.7 Å². The minimum Gasteiger partial charge on any atom is -0.479 e. The van der Waals surface area contributed by atoms with E-state index >= 15 is 0 Å². The zero-order valence-corrected chi connectivity index (χ0v) is 26.9. The minimum absolute atomic E-state index is 0.201. The number of benzene rings is 1. The van der Waals surface area contributed by atoms with E-state index in [2.05, 4.69) is 59.9 Å². The molecule has 4 heterocycles. The largest absolute Gasteiger partial charge is 0.479 e. The first-order valence-electron chi connectivity index (χ1n) is 15.2. The van der Waals surface area contributed by atoms with Crippen molar-refractivity contribution in [3.8, 4) is 22.5 Å². The molecule has 1 aromatic carbocycles. The molecule has 0 unspecified atom stereocenters. The molecule has 1 aliphatic rings. The summed E-state index contributed by atoms with van der Waals surface area (Å²) in [5, 5.41) is 16.8. The van der Waals surface area contributed by atoms with Crippen LogP contribution in [0.3, 0.4) is 0 Å². The molecule has 0 amide bonds. The molecule has 0 saturated heterocycles. The van der Waals surface area contributed by atoms with E-state index in [0.29, 0.717) is 11.3 Å². The molecule has 228 valence electrons. The monoisotopic (exact) mass is 591 g/mol. The van der Waals surface area contributed by atoms with Gasteiger partial charge in [0, 0.05) is 53.4 Å². The SMILES string of the molecule is Cc1nc2c(cc(-c3ccnc(-c4ccc5c(cnn5C)c4)c3)n2C)c(C2=CCC(C)(C)CC2)c1[C@H](OC(C)(C)C)C(=O)O. The number of aryl methyl sites for hydroxylation is 3. The van der Waals surface area contributed by atoms with Crippen LogP contribution in [-0.4, -0.2) is 41.0 Å². The number of hydrogen-bond donors (Lipinski definition) is 1. The number of rotatable bonds is 6. The van der Waals surface area contributed by atoms with E-state index in [1.807, 2.05) is 64.9 Å². The van der Waals surface area contributed by atoms with Gasteiger partial charge in [-0.15, -0.1) is 0 Å². The maximum absolute atomic E-state index is 12.8. The van der Waals surface area contributed by atoms with Gasteiger partial charge in [-0.25, -0.2) is 9.78 Å². The first-order chi connectivity index (χ1) is 20.7. The van der Waals surface area contributed by atoms with Gasteiger partial charge in [0.15, 0.2) is 6.10 Å². The molecule has 4 aromatic heterocycles. The van der Waals surface area contributed by atoms with Gasteiger partial charge in [-0.05, 0) is 93.8 Å². The lowest BCUT2D eigenvalue weighted by molar-refractivity contribution is -0.160. The molecule has 8 heteroatoms. The van der Waals surface area contributed by atoms with Crippen LogP contribution >= 0.6 is 0 Å². The first-order valence-corrected chi connectivity index (χ1v) is 15.2. The lowest BCUT2D eigenvalue weighted by Gasteiger charge is -2.32. The molecule has 44 heavy (non-hydrogen) atoms. The van der Waals surface area contributed by atoms with Crippen molar-refractivity contribution in [1.82, 2.24) is 24.3 Å². The van der Waals surface area contributed by atoms with Gasteiger partial charge in [0.25, 0.3) is 0 Å². The van der Waals surface area contributed by atoms with Crippen molar-refractivity contribution < 1.29 is 14.6 Å². The number of pyridine rings is 2. The summed E-state index contributed by atoms with van der Waals surface area (Å²) in [6, 6.07) is 12.5. The van der Waals surface area contributed by atoms with Gasteiger partial charge >= 0.3 is 5.97 Å². The molecular formula is C36H41N5O3. The van der Waals surface area contributed by atoms with E-state index in [0.717, 1.165) is 74.9 Å². The predicted octanol–water partition coefficient (Wildman–Crippen LogP) is 8.03. The Morgan fingerprint density at radius 1 is 1.09 bits per heavy atom. The summed E-state index contributed by atoms with van der Waals surface area (Å²) >= 11 is 0. The average molecular weight is 592 g/mol. The second-order valence-electron chi connectivity index (χ2n) is 13.8. The van der Waals surface area contributed by atoms with Crippen molar-refractivity contribution >= 4 is 33.5 Å². The number of aliphatic carboxylic acids is 1. The number of allylic oxidation sites excluding steroid dienone is 2. The molecule has 0 fully saturated rings. The summed E-state index contributed by atoms with van der Waals surface area (Å²) in [5.41, 5.74) is 8.72. The number of carboxylic acid groups (broad SMARTS) is 1. The lowest BCUT2D eigenvalue weighted by Crippen LogP contribution is -2.29. The molecule has 0 saturated carbocycles. The average Bonchev–Trinajstić information content (AvgIpc) is 3.50. The molecule has 0 spiro atoms. The molecular weight excluding hydrogens is 550 g/mol. The normalized spacial score (nSPS) is 16.0. The Morgan fingerprint density at radius 2 is 1.86 bits per heavy atom. The summed E-state index contributed by atoms with van der Waals surface area (Å²) in [4.78, 5) is 22.5. The smallest absolute Gasteiger partial charge is 0.337 e. The van der Waals surface area contributed by atoms with Crippen LogP contribution in [0, 0.1) is 12.3 Å². The highest BCUT2D eigenvalue weighted by Crippen LogP contribution is 2.45. The third kappa shape index (κ3) is 5.43. The Balaban J connectivity index is 1.55. The number of fused-ring (bicyclic) bond motifs is 2. The van der Waals surface area contributed by atoms with Crippen LogP contribution < -0.4 is 0 Å².